The molecule has 146 valence electrons. The Morgan fingerprint density at radius 1 is 1.03 bits per heavy atom. The first-order valence-corrected chi connectivity index (χ1v) is 10.00. The van der Waals surface area contributed by atoms with Gasteiger partial charge in [0.2, 0.25) is 0 Å². The Morgan fingerprint density at radius 3 is 2.34 bits per heavy atom. The maximum absolute atomic E-state index is 13.2. The van der Waals surface area contributed by atoms with Gasteiger partial charge in [0, 0.05) is 12.1 Å². The fourth-order valence-electron chi connectivity index (χ4n) is 3.21. The van der Waals surface area contributed by atoms with Gasteiger partial charge in [0.05, 0.1) is 16.3 Å². The lowest BCUT2D eigenvalue weighted by molar-refractivity contribution is -0.113. The van der Waals surface area contributed by atoms with Crippen LogP contribution in [0.15, 0.2) is 64.3 Å². The van der Waals surface area contributed by atoms with Crippen LogP contribution in [0, 0.1) is 12.3 Å². The van der Waals surface area contributed by atoms with E-state index < -0.39 is 0 Å². The van der Waals surface area contributed by atoms with E-state index in [4.69, 9.17) is 17.0 Å². The smallest absolute Gasteiger partial charge is 0.283 e. The van der Waals surface area contributed by atoms with Gasteiger partial charge in [0.15, 0.2) is 5.17 Å². The minimum Gasteiger partial charge on any atom is -0.283 e. The topological polar surface area (TPSA) is 71.1 Å². The highest BCUT2D eigenvalue weighted by Gasteiger charge is 2.37. The number of hydrogen-bond donors (Lipinski definition) is 1. The summed E-state index contributed by atoms with van der Waals surface area (Å²) in [7, 11) is 1.76. The zero-order valence-electron chi connectivity index (χ0n) is 15.7. The van der Waals surface area contributed by atoms with Crippen LogP contribution in [0.5, 0.6) is 0 Å². The standard InChI is InChI=1S/C21H17ClN4O2S/c1-13-18(20(28)26(24(13)2)16-6-4-3-5-7-16)25-19(27)17(29-21(25)23)12-14-8-10-15(22)11-9-14/h3-12,23H,1-2H3. The lowest BCUT2D eigenvalue weighted by Gasteiger charge is -2.12. The summed E-state index contributed by atoms with van der Waals surface area (Å²) in [5, 5.41) is 8.94. The lowest BCUT2D eigenvalue weighted by atomic mass is 10.2. The number of thioether (sulfide) groups is 1. The van der Waals surface area contributed by atoms with E-state index in [-0.39, 0.29) is 22.3 Å². The second-order valence-electron chi connectivity index (χ2n) is 6.52. The number of aromatic nitrogens is 2. The van der Waals surface area contributed by atoms with E-state index in [1.807, 2.05) is 30.3 Å². The molecule has 0 bridgehead atoms. The molecule has 1 saturated heterocycles. The molecule has 0 aliphatic carbocycles. The second-order valence-corrected chi connectivity index (χ2v) is 7.99. The van der Waals surface area contributed by atoms with Crippen LogP contribution in [-0.4, -0.2) is 20.4 Å². The quantitative estimate of drug-likeness (QED) is 0.641. The Labute approximate surface area is 176 Å². The van der Waals surface area contributed by atoms with Crippen LogP contribution in [0.25, 0.3) is 11.8 Å². The summed E-state index contributed by atoms with van der Waals surface area (Å²) in [5.74, 6) is -0.388. The molecule has 2 heterocycles. The van der Waals surface area contributed by atoms with Crippen LogP contribution in [0.4, 0.5) is 5.69 Å². The van der Waals surface area contributed by atoms with Crippen LogP contribution in [0.1, 0.15) is 11.3 Å². The Morgan fingerprint density at radius 2 is 1.69 bits per heavy atom. The largest absolute Gasteiger partial charge is 0.296 e. The molecule has 0 atom stereocenters. The third kappa shape index (κ3) is 3.32. The molecule has 1 fully saturated rings. The van der Waals surface area contributed by atoms with Gasteiger partial charge < -0.3 is 0 Å². The van der Waals surface area contributed by atoms with E-state index >= 15 is 0 Å². The highest BCUT2D eigenvalue weighted by molar-refractivity contribution is 8.19. The molecule has 1 amide bonds. The van der Waals surface area contributed by atoms with Gasteiger partial charge >= 0.3 is 0 Å². The lowest BCUT2D eigenvalue weighted by Crippen LogP contribution is -2.33. The number of nitrogens with zero attached hydrogens (tertiary/aromatic N) is 3. The van der Waals surface area contributed by atoms with Gasteiger partial charge in [-0.3, -0.25) is 19.7 Å². The van der Waals surface area contributed by atoms with Gasteiger partial charge in [-0.05, 0) is 54.6 Å². The zero-order chi connectivity index (χ0) is 20.7. The van der Waals surface area contributed by atoms with Crippen molar-refractivity contribution >= 4 is 46.2 Å². The molecule has 0 unspecified atom stereocenters. The van der Waals surface area contributed by atoms with Crippen molar-refractivity contribution in [3.63, 3.8) is 0 Å². The highest BCUT2D eigenvalue weighted by atomic mass is 35.5. The summed E-state index contributed by atoms with van der Waals surface area (Å²) in [6.07, 6.45) is 1.70. The van der Waals surface area contributed by atoms with Gasteiger partial charge in [-0.15, -0.1) is 0 Å². The molecule has 2 aromatic carbocycles. The first-order chi connectivity index (χ1) is 13.9. The molecular weight excluding hydrogens is 408 g/mol. The summed E-state index contributed by atoms with van der Waals surface area (Å²) < 4.78 is 3.19. The second kappa shape index (κ2) is 7.42. The van der Waals surface area contributed by atoms with E-state index in [0.717, 1.165) is 17.3 Å². The number of rotatable bonds is 3. The summed E-state index contributed by atoms with van der Waals surface area (Å²) in [5.41, 5.74) is 1.94. The molecule has 1 aromatic heterocycles. The van der Waals surface area contributed by atoms with Crippen LogP contribution in [-0.2, 0) is 11.8 Å². The molecule has 29 heavy (non-hydrogen) atoms. The molecule has 8 heteroatoms. The number of benzene rings is 2. The number of amidine groups is 1. The summed E-state index contributed by atoms with van der Waals surface area (Å²) in [6, 6.07) is 16.3. The van der Waals surface area contributed by atoms with E-state index in [2.05, 4.69) is 0 Å². The monoisotopic (exact) mass is 424 g/mol. The molecule has 1 aliphatic rings. The summed E-state index contributed by atoms with van der Waals surface area (Å²) >= 11 is 6.95. The van der Waals surface area contributed by atoms with Crippen molar-refractivity contribution in [1.82, 2.24) is 9.36 Å². The van der Waals surface area contributed by atoms with E-state index in [0.29, 0.717) is 21.3 Å². The molecule has 0 radical (unpaired) electrons. The van der Waals surface area contributed by atoms with Crippen molar-refractivity contribution in [1.29, 1.82) is 5.41 Å². The number of halogens is 1. The Hall–Kier alpha value is -3.03. The van der Waals surface area contributed by atoms with Crippen molar-refractivity contribution in [2.75, 3.05) is 4.90 Å². The minimum absolute atomic E-state index is 0.00113. The number of hydrogen-bond acceptors (Lipinski definition) is 4. The average molecular weight is 425 g/mol. The Balaban J connectivity index is 1.78. The van der Waals surface area contributed by atoms with Crippen LogP contribution in [0.2, 0.25) is 5.02 Å². The predicted molar refractivity (Wildman–Crippen MR) is 118 cm³/mol. The van der Waals surface area contributed by atoms with Gasteiger partial charge in [0.25, 0.3) is 11.5 Å². The first-order valence-electron chi connectivity index (χ1n) is 8.80. The van der Waals surface area contributed by atoms with Gasteiger partial charge in [-0.2, -0.15) is 0 Å². The Kier molecular flexibility index (Phi) is 4.94. The SMILES string of the molecule is Cc1c(N2C(=N)SC(=Cc3ccc(Cl)cc3)C2=O)c(=O)n(-c2ccccc2)n1C. The number of carbonyl (C=O) groups excluding carboxylic acids is 1. The number of nitrogens with one attached hydrogen (secondary N) is 1. The van der Waals surface area contributed by atoms with Crippen LogP contribution >= 0.6 is 23.4 Å². The van der Waals surface area contributed by atoms with Crippen LogP contribution in [0.3, 0.4) is 0 Å². The van der Waals surface area contributed by atoms with Crippen molar-refractivity contribution in [2.45, 2.75) is 6.92 Å². The third-order valence-corrected chi connectivity index (χ3v) is 5.88. The minimum atomic E-state index is -0.388. The fourth-order valence-corrected chi connectivity index (χ4v) is 4.19. The summed E-state index contributed by atoms with van der Waals surface area (Å²) in [6.45, 7) is 1.77. The highest BCUT2D eigenvalue weighted by Crippen LogP contribution is 2.35. The van der Waals surface area contributed by atoms with E-state index in [9.17, 15) is 9.59 Å². The van der Waals surface area contributed by atoms with Crippen LogP contribution < -0.4 is 10.5 Å². The number of anilines is 1. The average Bonchev–Trinajstić information content (AvgIpc) is 3.10. The third-order valence-electron chi connectivity index (χ3n) is 4.74. The Bertz CT molecular complexity index is 1210. The number of amides is 1. The van der Waals surface area contributed by atoms with Crippen molar-refractivity contribution in [3.8, 4) is 5.69 Å². The van der Waals surface area contributed by atoms with Gasteiger partial charge in [-0.1, -0.05) is 41.9 Å². The molecule has 0 spiro atoms. The molecule has 3 aromatic rings. The van der Waals surface area contributed by atoms with E-state index in [1.165, 1.54) is 9.58 Å². The van der Waals surface area contributed by atoms with Gasteiger partial charge in [0.1, 0.15) is 5.69 Å². The molecule has 1 N–H and O–H groups in total. The predicted octanol–water partition coefficient (Wildman–Crippen LogP) is 4.19. The molecule has 1 aliphatic heterocycles. The molecule has 6 nitrogen and oxygen atoms in total. The molecular formula is C21H17ClN4O2S. The summed E-state index contributed by atoms with van der Waals surface area (Å²) in [4.78, 5) is 27.8. The fraction of sp³-hybridized carbons (Fsp3) is 0.0952. The maximum atomic E-state index is 13.2. The first kappa shape index (κ1) is 19.3. The van der Waals surface area contributed by atoms with Crippen molar-refractivity contribution in [2.24, 2.45) is 7.05 Å². The van der Waals surface area contributed by atoms with E-state index in [1.54, 1.807) is 49.0 Å². The molecule has 4 rings (SSSR count). The maximum Gasteiger partial charge on any atom is 0.296 e. The normalized spacial score (nSPS) is 15.6. The number of para-hydroxylation sites is 1. The zero-order valence-corrected chi connectivity index (χ0v) is 17.3. The van der Waals surface area contributed by atoms with Crippen molar-refractivity contribution < 1.29 is 4.79 Å². The molecule has 0 saturated carbocycles. The number of carbonyl (C=O) groups is 1. The van der Waals surface area contributed by atoms with Crippen molar-refractivity contribution in [3.05, 3.63) is 86.1 Å². The van der Waals surface area contributed by atoms with Gasteiger partial charge in [-0.25, -0.2) is 9.58 Å².